The molecule has 0 radical (unpaired) electrons. The van der Waals surface area contributed by atoms with Crippen molar-refractivity contribution in [1.82, 2.24) is 0 Å². The lowest BCUT2D eigenvalue weighted by Gasteiger charge is -2.11. The lowest BCUT2D eigenvalue weighted by Crippen LogP contribution is -2.15. The standard InChI is InChI=1S/C15H14ClNO3S/c1-10-3-6-12(7-4-10)21(19,20)17-14-9-11(2)5-8-13(14)15(16)18/h3-9,17H,1-2H3. The summed E-state index contributed by atoms with van der Waals surface area (Å²) in [5, 5.41) is -0.711. The van der Waals surface area contributed by atoms with Gasteiger partial charge in [0.2, 0.25) is 0 Å². The molecular weight excluding hydrogens is 310 g/mol. The predicted octanol–water partition coefficient (Wildman–Crippen LogP) is 3.48. The third-order valence-corrected chi connectivity index (χ3v) is 4.55. The molecule has 1 N–H and O–H groups in total. The molecule has 0 atom stereocenters. The van der Waals surface area contributed by atoms with E-state index in [4.69, 9.17) is 11.6 Å². The number of rotatable bonds is 4. The number of carbonyl (C=O) groups is 1. The average molecular weight is 324 g/mol. The number of sulfonamides is 1. The summed E-state index contributed by atoms with van der Waals surface area (Å²) < 4.78 is 27.1. The molecule has 0 bridgehead atoms. The van der Waals surface area contributed by atoms with Crippen LogP contribution in [0.2, 0.25) is 0 Å². The molecule has 2 aromatic carbocycles. The van der Waals surface area contributed by atoms with E-state index in [1.807, 2.05) is 6.92 Å². The Morgan fingerprint density at radius 3 is 2.14 bits per heavy atom. The smallest absolute Gasteiger partial charge is 0.261 e. The summed E-state index contributed by atoms with van der Waals surface area (Å²) >= 11 is 5.48. The number of carbonyl (C=O) groups excluding carboxylic acids is 1. The summed E-state index contributed by atoms with van der Waals surface area (Å²) in [7, 11) is -3.76. The third kappa shape index (κ3) is 3.62. The Hall–Kier alpha value is -1.85. The lowest BCUT2D eigenvalue weighted by molar-refractivity contribution is 0.108. The molecule has 0 spiro atoms. The third-order valence-electron chi connectivity index (χ3n) is 2.96. The van der Waals surface area contributed by atoms with Crippen LogP contribution in [0, 0.1) is 13.8 Å². The molecule has 0 fully saturated rings. The van der Waals surface area contributed by atoms with Gasteiger partial charge in [-0.25, -0.2) is 8.42 Å². The van der Waals surface area contributed by atoms with Gasteiger partial charge in [0.05, 0.1) is 16.1 Å². The SMILES string of the molecule is Cc1ccc(S(=O)(=O)Nc2cc(C)ccc2C(=O)Cl)cc1. The van der Waals surface area contributed by atoms with Gasteiger partial charge in [-0.1, -0.05) is 23.8 Å². The summed E-state index contributed by atoms with van der Waals surface area (Å²) in [5.41, 5.74) is 2.08. The van der Waals surface area contributed by atoms with Gasteiger partial charge < -0.3 is 0 Å². The fourth-order valence-electron chi connectivity index (χ4n) is 1.84. The van der Waals surface area contributed by atoms with E-state index in [2.05, 4.69) is 4.72 Å². The second-order valence-corrected chi connectivity index (χ2v) is 6.77. The van der Waals surface area contributed by atoms with Crippen LogP contribution in [0.4, 0.5) is 5.69 Å². The van der Waals surface area contributed by atoms with E-state index in [9.17, 15) is 13.2 Å². The van der Waals surface area contributed by atoms with Crippen LogP contribution in [0.1, 0.15) is 21.5 Å². The molecule has 0 saturated heterocycles. The van der Waals surface area contributed by atoms with E-state index in [-0.39, 0.29) is 16.1 Å². The molecule has 0 aromatic heterocycles. The zero-order chi connectivity index (χ0) is 15.6. The molecule has 0 aliphatic rings. The summed E-state index contributed by atoms with van der Waals surface area (Å²) in [6.45, 7) is 3.67. The second kappa shape index (κ2) is 5.87. The predicted molar refractivity (Wildman–Crippen MR) is 83.4 cm³/mol. The van der Waals surface area contributed by atoms with Gasteiger partial charge in [0.25, 0.3) is 15.3 Å². The van der Waals surface area contributed by atoms with Crippen LogP contribution in [0.15, 0.2) is 47.4 Å². The van der Waals surface area contributed by atoms with Crippen LogP contribution >= 0.6 is 11.6 Å². The highest BCUT2D eigenvalue weighted by molar-refractivity contribution is 7.92. The van der Waals surface area contributed by atoms with Crippen LogP contribution in [-0.4, -0.2) is 13.7 Å². The Morgan fingerprint density at radius 1 is 1.00 bits per heavy atom. The first-order valence-electron chi connectivity index (χ1n) is 6.19. The first-order chi connectivity index (χ1) is 9.79. The van der Waals surface area contributed by atoms with Gasteiger partial charge in [-0.05, 0) is 55.3 Å². The number of benzene rings is 2. The quantitative estimate of drug-likeness (QED) is 0.876. The van der Waals surface area contributed by atoms with Crippen LogP contribution in [0.25, 0.3) is 0 Å². The van der Waals surface area contributed by atoms with Crippen molar-refractivity contribution in [1.29, 1.82) is 0 Å². The fourth-order valence-corrected chi connectivity index (χ4v) is 3.07. The Morgan fingerprint density at radius 2 is 1.57 bits per heavy atom. The first-order valence-corrected chi connectivity index (χ1v) is 8.06. The Bertz CT molecular complexity index is 783. The van der Waals surface area contributed by atoms with Crippen molar-refractivity contribution >= 4 is 32.6 Å². The number of nitrogens with one attached hydrogen (secondary N) is 1. The Labute approximate surface area is 128 Å². The number of anilines is 1. The first kappa shape index (κ1) is 15.5. The molecule has 2 aromatic rings. The zero-order valence-electron chi connectivity index (χ0n) is 11.6. The van der Waals surface area contributed by atoms with Gasteiger partial charge in [-0.15, -0.1) is 0 Å². The number of hydrogen-bond acceptors (Lipinski definition) is 3. The maximum Gasteiger partial charge on any atom is 0.261 e. The average Bonchev–Trinajstić information content (AvgIpc) is 2.38. The van der Waals surface area contributed by atoms with Crippen molar-refractivity contribution in [3.8, 4) is 0 Å². The van der Waals surface area contributed by atoms with Crippen molar-refractivity contribution < 1.29 is 13.2 Å². The highest BCUT2D eigenvalue weighted by Crippen LogP contribution is 2.23. The van der Waals surface area contributed by atoms with Gasteiger partial charge in [0, 0.05) is 0 Å². The zero-order valence-corrected chi connectivity index (χ0v) is 13.1. The second-order valence-electron chi connectivity index (χ2n) is 4.74. The van der Waals surface area contributed by atoms with Crippen LogP contribution < -0.4 is 4.72 Å². The molecule has 0 aliphatic carbocycles. The highest BCUT2D eigenvalue weighted by atomic mass is 35.5. The van der Waals surface area contributed by atoms with E-state index in [1.165, 1.54) is 18.2 Å². The molecule has 0 amide bonds. The minimum absolute atomic E-state index is 0.123. The fraction of sp³-hybridized carbons (Fsp3) is 0.133. The normalized spacial score (nSPS) is 11.2. The van der Waals surface area contributed by atoms with Crippen LogP contribution in [0.3, 0.4) is 0 Å². The van der Waals surface area contributed by atoms with E-state index in [1.54, 1.807) is 31.2 Å². The Balaban J connectivity index is 2.43. The molecule has 110 valence electrons. The van der Waals surface area contributed by atoms with Crippen molar-refractivity contribution in [2.24, 2.45) is 0 Å². The summed E-state index contributed by atoms with van der Waals surface area (Å²) in [6.07, 6.45) is 0. The topological polar surface area (TPSA) is 63.2 Å². The van der Waals surface area contributed by atoms with Gasteiger partial charge in [-0.3, -0.25) is 9.52 Å². The van der Waals surface area contributed by atoms with Crippen molar-refractivity contribution in [3.05, 3.63) is 59.2 Å². The molecule has 0 heterocycles. The molecule has 0 saturated carbocycles. The summed E-state index contributed by atoms with van der Waals surface area (Å²) in [4.78, 5) is 11.5. The monoisotopic (exact) mass is 323 g/mol. The van der Waals surface area contributed by atoms with E-state index < -0.39 is 15.3 Å². The molecule has 21 heavy (non-hydrogen) atoms. The van der Waals surface area contributed by atoms with Gasteiger partial charge in [-0.2, -0.15) is 0 Å². The highest BCUT2D eigenvalue weighted by Gasteiger charge is 2.18. The van der Waals surface area contributed by atoms with Crippen molar-refractivity contribution in [2.75, 3.05) is 4.72 Å². The maximum atomic E-state index is 12.3. The number of aryl methyl sites for hydroxylation is 2. The number of halogens is 1. The molecule has 0 aliphatic heterocycles. The largest absolute Gasteiger partial charge is 0.279 e. The minimum Gasteiger partial charge on any atom is -0.279 e. The van der Waals surface area contributed by atoms with E-state index in [0.717, 1.165) is 11.1 Å². The van der Waals surface area contributed by atoms with Gasteiger partial charge in [0.1, 0.15) is 0 Å². The Kier molecular flexibility index (Phi) is 4.34. The molecule has 0 unspecified atom stereocenters. The van der Waals surface area contributed by atoms with E-state index in [0.29, 0.717) is 0 Å². The maximum absolute atomic E-state index is 12.3. The van der Waals surface area contributed by atoms with Crippen molar-refractivity contribution in [3.63, 3.8) is 0 Å². The minimum atomic E-state index is -3.76. The summed E-state index contributed by atoms with van der Waals surface area (Å²) in [6, 6.07) is 11.2. The molecular formula is C15H14ClNO3S. The molecule has 2 rings (SSSR count). The van der Waals surface area contributed by atoms with Crippen molar-refractivity contribution in [2.45, 2.75) is 18.7 Å². The van der Waals surface area contributed by atoms with Crippen LogP contribution in [0.5, 0.6) is 0 Å². The lowest BCUT2D eigenvalue weighted by atomic mass is 10.1. The van der Waals surface area contributed by atoms with Gasteiger partial charge >= 0.3 is 0 Å². The number of hydrogen-bond donors (Lipinski definition) is 1. The van der Waals surface area contributed by atoms with Gasteiger partial charge in [0.15, 0.2) is 0 Å². The van der Waals surface area contributed by atoms with E-state index >= 15 is 0 Å². The van der Waals surface area contributed by atoms with Crippen LogP contribution in [-0.2, 0) is 10.0 Å². The molecule has 6 heteroatoms. The molecule has 4 nitrogen and oxygen atoms in total. The summed E-state index contributed by atoms with van der Waals surface area (Å²) in [5.74, 6) is 0.